The van der Waals surface area contributed by atoms with Crippen molar-refractivity contribution in [1.82, 2.24) is 0 Å². The monoisotopic (exact) mass is 296 g/mol. The molecule has 108 valence electrons. The number of thioether (sulfide) groups is 1. The highest BCUT2D eigenvalue weighted by Gasteiger charge is 2.53. The topological polar surface area (TPSA) is 17.1 Å². The minimum absolute atomic E-state index is 0.210. The van der Waals surface area contributed by atoms with E-state index in [9.17, 15) is 4.79 Å². The molecule has 1 saturated carbocycles. The molecule has 1 aromatic rings. The van der Waals surface area contributed by atoms with Gasteiger partial charge in [-0.15, -0.1) is 0 Å². The van der Waals surface area contributed by atoms with Crippen LogP contribution in [0.15, 0.2) is 57.4 Å². The van der Waals surface area contributed by atoms with Gasteiger partial charge >= 0.3 is 0 Å². The van der Waals surface area contributed by atoms with E-state index in [2.05, 4.69) is 37.3 Å². The molecule has 2 unspecified atom stereocenters. The highest BCUT2D eigenvalue weighted by Crippen LogP contribution is 2.61. The number of benzene rings is 1. The van der Waals surface area contributed by atoms with Crippen molar-refractivity contribution in [3.05, 3.63) is 52.5 Å². The maximum atomic E-state index is 12.3. The summed E-state index contributed by atoms with van der Waals surface area (Å²) in [6, 6.07) is 10.6. The van der Waals surface area contributed by atoms with E-state index in [-0.39, 0.29) is 5.41 Å². The Labute approximate surface area is 130 Å². The van der Waals surface area contributed by atoms with Crippen molar-refractivity contribution in [3.63, 3.8) is 0 Å². The van der Waals surface area contributed by atoms with Gasteiger partial charge in [0.05, 0.1) is 0 Å². The van der Waals surface area contributed by atoms with E-state index < -0.39 is 0 Å². The van der Waals surface area contributed by atoms with Gasteiger partial charge in [-0.1, -0.05) is 36.4 Å². The van der Waals surface area contributed by atoms with Gasteiger partial charge in [0.1, 0.15) is 0 Å². The average Bonchev–Trinajstić information content (AvgIpc) is 3.03. The molecule has 0 N–H and O–H groups in total. The smallest absolute Gasteiger partial charge is 0.159 e. The van der Waals surface area contributed by atoms with Gasteiger partial charge in [-0.25, -0.2) is 0 Å². The van der Waals surface area contributed by atoms with E-state index in [0.29, 0.717) is 11.7 Å². The van der Waals surface area contributed by atoms with E-state index in [0.717, 1.165) is 12.8 Å². The molecule has 1 spiro atoms. The number of rotatable bonds is 2. The Morgan fingerprint density at radius 2 is 2.00 bits per heavy atom. The summed E-state index contributed by atoms with van der Waals surface area (Å²) in [5, 5.41) is 0. The molecule has 4 rings (SSSR count). The van der Waals surface area contributed by atoms with Gasteiger partial charge in [0, 0.05) is 16.2 Å². The summed E-state index contributed by atoms with van der Waals surface area (Å²) >= 11 is 1.88. The van der Waals surface area contributed by atoms with Crippen LogP contribution in [0.3, 0.4) is 0 Å². The number of allylic oxidation sites excluding steroid dienone is 4. The van der Waals surface area contributed by atoms with E-state index in [1.165, 1.54) is 40.2 Å². The molecule has 0 amide bonds. The molecule has 0 radical (unpaired) electrons. The summed E-state index contributed by atoms with van der Waals surface area (Å²) in [6.45, 7) is 2.23. The molecule has 2 heteroatoms. The van der Waals surface area contributed by atoms with Crippen LogP contribution in [0.25, 0.3) is 0 Å². The third-order valence-corrected chi connectivity index (χ3v) is 6.82. The van der Waals surface area contributed by atoms with Gasteiger partial charge in [-0.2, -0.15) is 0 Å². The first-order valence-corrected chi connectivity index (χ1v) is 8.71. The minimum atomic E-state index is 0.210. The SMILES string of the molecule is CC1=C(Sc2ccccc2)CCC23CCCC2C(=O)C=C13. The molecule has 0 saturated heterocycles. The lowest BCUT2D eigenvalue weighted by molar-refractivity contribution is -0.119. The number of hydrogen-bond acceptors (Lipinski definition) is 2. The lowest BCUT2D eigenvalue weighted by Crippen LogP contribution is -2.29. The second kappa shape index (κ2) is 4.88. The van der Waals surface area contributed by atoms with Gasteiger partial charge < -0.3 is 0 Å². The zero-order valence-corrected chi connectivity index (χ0v) is 13.2. The average molecular weight is 296 g/mol. The van der Waals surface area contributed by atoms with Crippen LogP contribution in [0.5, 0.6) is 0 Å². The van der Waals surface area contributed by atoms with Crippen molar-refractivity contribution in [2.75, 3.05) is 0 Å². The summed E-state index contributed by atoms with van der Waals surface area (Å²) in [4.78, 5) is 15.1. The van der Waals surface area contributed by atoms with Crippen LogP contribution in [0.4, 0.5) is 0 Å². The molecule has 3 aliphatic carbocycles. The Morgan fingerprint density at radius 3 is 2.81 bits per heavy atom. The summed E-state index contributed by atoms with van der Waals surface area (Å²) in [5.74, 6) is 0.693. The highest BCUT2D eigenvalue weighted by atomic mass is 32.2. The van der Waals surface area contributed by atoms with E-state index in [1.807, 2.05) is 17.8 Å². The molecule has 1 aromatic carbocycles. The van der Waals surface area contributed by atoms with Gasteiger partial charge in [0.2, 0.25) is 0 Å². The Hall–Kier alpha value is -1.28. The molecule has 0 aromatic heterocycles. The van der Waals surface area contributed by atoms with Crippen LogP contribution in [-0.4, -0.2) is 5.78 Å². The van der Waals surface area contributed by atoms with Crippen molar-refractivity contribution < 1.29 is 4.79 Å². The fourth-order valence-corrected chi connectivity index (χ4v) is 5.59. The molecule has 0 aliphatic heterocycles. The van der Waals surface area contributed by atoms with Crippen LogP contribution in [-0.2, 0) is 4.79 Å². The minimum Gasteiger partial charge on any atom is -0.295 e. The standard InChI is InChI=1S/C19H20OS/c1-13-16-12-17(20)15-8-5-10-19(15,16)11-9-18(13)21-14-6-3-2-4-7-14/h2-4,6-7,12,15H,5,8-11H2,1H3. The summed E-state index contributed by atoms with van der Waals surface area (Å²) in [7, 11) is 0. The Balaban J connectivity index is 1.70. The fourth-order valence-electron chi connectivity index (χ4n) is 4.54. The third kappa shape index (κ3) is 1.96. The van der Waals surface area contributed by atoms with Gasteiger partial charge in [0.15, 0.2) is 5.78 Å². The van der Waals surface area contributed by atoms with Crippen LogP contribution in [0.1, 0.15) is 39.0 Å². The third-order valence-electron chi connectivity index (χ3n) is 5.55. The summed E-state index contributed by atoms with van der Waals surface area (Å²) < 4.78 is 0. The molecule has 0 heterocycles. The van der Waals surface area contributed by atoms with Crippen LogP contribution < -0.4 is 0 Å². The van der Waals surface area contributed by atoms with Gasteiger partial charge in [0.25, 0.3) is 0 Å². The molecule has 1 nitrogen and oxygen atoms in total. The summed E-state index contributed by atoms with van der Waals surface area (Å²) in [6.07, 6.45) is 7.82. The lowest BCUT2D eigenvalue weighted by atomic mass is 9.67. The maximum Gasteiger partial charge on any atom is 0.159 e. The first kappa shape index (κ1) is 13.4. The van der Waals surface area contributed by atoms with Crippen molar-refractivity contribution >= 4 is 17.5 Å². The Morgan fingerprint density at radius 1 is 1.19 bits per heavy atom. The Bertz CT molecular complexity index is 655. The van der Waals surface area contributed by atoms with Crippen molar-refractivity contribution in [2.24, 2.45) is 11.3 Å². The molecule has 2 atom stereocenters. The van der Waals surface area contributed by atoms with E-state index >= 15 is 0 Å². The van der Waals surface area contributed by atoms with Crippen LogP contribution >= 0.6 is 11.8 Å². The van der Waals surface area contributed by atoms with Crippen molar-refractivity contribution in [1.29, 1.82) is 0 Å². The zero-order valence-electron chi connectivity index (χ0n) is 12.4. The lowest BCUT2D eigenvalue weighted by Gasteiger charge is -2.38. The maximum absolute atomic E-state index is 12.3. The van der Waals surface area contributed by atoms with E-state index in [4.69, 9.17) is 0 Å². The summed E-state index contributed by atoms with van der Waals surface area (Å²) in [5.41, 5.74) is 2.97. The van der Waals surface area contributed by atoms with Crippen LogP contribution in [0.2, 0.25) is 0 Å². The molecular weight excluding hydrogens is 276 g/mol. The molecule has 1 fully saturated rings. The highest BCUT2D eigenvalue weighted by molar-refractivity contribution is 8.03. The molecule has 3 aliphatic rings. The number of carbonyl (C=O) groups excluding carboxylic acids is 1. The second-order valence-electron chi connectivity index (χ2n) is 6.52. The largest absolute Gasteiger partial charge is 0.295 e. The van der Waals surface area contributed by atoms with Gasteiger partial charge in [-0.3, -0.25) is 4.79 Å². The second-order valence-corrected chi connectivity index (χ2v) is 7.69. The van der Waals surface area contributed by atoms with E-state index in [1.54, 1.807) is 0 Å². The number of ketones is 1. The predicted molar refractivity (Wildman–Crippen MR) is 87.1 cm³/mol. The van der Waals surface area contributed by atoms with Crippen molar-refractivity contribution in [3.8, 4) is 0 Å². The zero-order chi connectivity index (χ0) is 14.4. The number of hydrogen-bond donors (Lipinski definition) is 0. The van der Waals surface area contributed by atoms with Crippen LogP contribution in [0, 0.1) is 11.3 Å². The first-order valence-electron chi connectivity index (χ1n) is 7.90. The first-order chi connectivity index (χ1) is 10.2. The quantitative estimate of drug-likeness (QED) is 0.751. The molecule has 21 heavy (non-hydrogen) atoms. The fraction of sp³-hybridized carbons (Fsp3) is 0.421. The van der Waals surface area contributed by atoms with Crippen molar-refractivity contribution in [2.45, 2.75) is 43.9 Å². The number of carbonyl (C=O) groups is 1. The van der Waals surface area contributed by atoms with Gasteiger partial charge in [-0.05, 0) is 66.9 Å². The predicted octanol–water partition coefficient (Wildman–Crippen LogP) is 5.14. The normalized spacial score (nSPS) is 31.2. The molecular formula is C19H20OS. The Kier molecular flexibility index (Phi) is 3.11. The molecule has 0 bridgehead atoms.